The Balaban J connectivity index is 1.75. The summed E-state index contributed by atoms with van der Waals surface area (Å²) in [6.07, 6.45) is -2.52. The van der Waals surface area contributed by atoms with E-state index in [1.54, 1.807) is 0 Å². The quantitative estimate of drug-likeness (QED) is 0.444. The molecule has 0 radical (unpaired) electrons. The molecule has 1 amide bonds. The molecule has 1 atom stereocenters. The van der Waals surface area contributed by atoms with Crippen LogP contribution in [0.15, 0.2) is 24.4 Å². The van der Waals surface area contributed by atoms with Crippen LogP contribution in [0.3, 0.4) is 0 Å². The minimum atomic E-state index is -5.27. The predicted octanol–water partition coefficient (Wildman–Crippen LogP) is 1.42. The molecule has 3 aliphatic rings. The number of rotatable bonds is 6. The number of aryl methyl sites for hydroxylation is 1. The second kappa shape index (κ2) is 7.12. The number of hydrogen-bond acceptors (Lipinski definition) is 7. The van der Waals surface area contributed by atoms with Crippen LogP contribution in [0.5, 0.6) is 0 Å². The fourth-order valence-electron chi connectivity index (χ4n) is 4.65. The lowest BCUT2D eigenvalue weighted by Crippen LogP contribution is -2.75. The van der Waals surface area contributed by atoms with Crippen molar-refractivity contribution < 1.29 is 37.4 Å². The number of halogens is 3. The second-order valence-corrected chi connectivity index (χ2v) is 8.69. The third-order valence-corrected chi connectivity index (χ3v) is 6.34. The monoisotopic (exact) mass is 455 g/mol. The number of carbonyl (C=O) groups is 1. The molecule has 1 aromatic heterocycles. The van der Waals surface area contributed by atoms with E-state index in [9.17, 15) is 33.3 Å². The first-order valence-corrected chi connectivity index (χ1v) is 9.70. The molecule has 0 unspecified atom stereocenters. The fraction of sp³-hybridized carbons (Fsp3) is 0.476. The molecule has 0 aliphatic heterocycles. The van der Waals surface area contributed by atoms with E-state index in [4.69, 9.17) is 9.85 Å². The van der Waals surface area contributed by atoms with E-state index in [0.717, 1.165) is 24.4 Å². The van der Waals surface area contributed by atoms with Crippen molar-refractivity contribution in [3.05, 3.63) is 41.2 Å². The number of alkyl halides is 3. The molecule has 0 saturated heterocycles. The number of nitrogens with one attached hydrogen (secondary N) is 1. The van der Waals surface area contributed by atoms with Crippen LogP contribution in [-0.4, -0.2) is 56.1 Å². The molecule has 3 saturated carbocycles. The van der Waals surface area contributed by atoms with E-state index >= 15 is 0 Å². The number of nitrogen functional groups attached to an aromatic ring is 1. The number of benzene rings is 1. The topological polar surface area (TPSA) is 142 Å². The lowest BCUT2D eigenvalue weighted by molar-refractivity contribution is -0.277. The molecule has 2 aromatic rings. The van der Waals surface area contributed by atoms with Gasteiger partial charge in [0.15, 0.2) is 11.5 Å². The normalized spacial score (nSPS) is 27.8. The Kier molecular flexibility index (Phi) is 4.18. The van der Waals surface area contributed by atoms with Gasteiger partial charge >= 0.3 is 6.18 Å². The average molecular weight is 455 g/mol. The summed E-state index contributed by atoms with van der Waals surface area (Å²) in [5, 5.41) is 31.6. The van der Waals surface area contributed by atoms with Crippen molar-refractivity contribution in [3.63, 3.8) is 0 Å². The summed E-state index contributed by atoms with van der Waals surface area (Å²) in [4.78, 5) is 20.8. The minimum absolute atomic E-state index is 0.00834. The number of carbonyl (C=O) groups excluding carboxylic acids is 1. The number of anilines is 1. The van der Waals surface area contributed by atoms with Crippen LogP contribution in [0.4, 0.5) is 19.0 Å². The molecule has 11 heteroatoms. The van der Waals surface area contributed by atoms with Gasteiger partial charge in [0, 0.05) is 27.2 Å². The molecule has 32 heavy (non-hydrogen) atoms. The zero-order chi connectivity index (χ0) is 26.0. The van der Waals surface area contributed by atoms with E-state index in [2.05, 4.69) is 15.3 Å². The molecule has 1 aromatic carbocycles. The lowest BCUT2D eigenvalue weighted by atomic mass is 9.39. The van der Waals surface area contributed by atoms with Gasteiger partial charge < -0.3 is 26.4 Å². The summed E-state index contributed by atoms with van der Waals surface area (Å²) >= 11 is 0. The van der Waals surface area contributed by atoms with Crippen molar-refractivity contribution in [2.75, 3.05) is 18.9 Å². The third kappa shape index (κ3) is 3.31. The summed E-state index contributed by atoms with van der Waals surface area (Å²) in [5.74, 6) is -0.972. The second-order valence-electron chi connectivity index (χ2n) is 8.69. The standard InChI is InChI=1S/C21H23F3N4O4/c1-11-2-3-12(20(32,10-30)21(22,23)24)4-13(11)14-5-26-16(25)15(27-14)17(31)28-19-6-18(7-19,8-19)9-29/h2-5,29-30,32H,6-10H2,1H3,(H2,25,26)(H,28,31)/t18?,19?,20-/m1/s1/i1D3. The van der Waals surface area contributed by atoms with E-state index in [1.807, 2.05) is 0 Å². The Hall–Kier alpha value is -2.76. The largest absolute Gasteiger partial charge is 0.423 e. The van der Waals surface area contributed by atoms with Crippen molar-refractivity contribution >= 4 is 11.7 Å². The molecule has 6 N–H and O–H groups in total. The molecule has 3 aliphatic carbocycles. The smallest absolute Gasteiger partial charge is 0.396 e. The molecule has 1 heterocycles. The first-order chi connectivity index (χ1) is 16.1. The van der Waals surface area contributed by atoms with Crippen LogP contribution in [0.1, 0.15) is 45.0 Å². The summed E-state index contributed by atoms with van der Waals surface area (Å²) < 4.78 is 63.8. The lowest BCUT2D eigenvalue weighted by Gasteiger charge is -2.70. The third-order valence-electron chi connectivity index (χ3n) is 6.34. The maximum atomic E-state index is 13.5. The summed E-state index contributed by atoms with van der Waals surface area (Å²) in [6.45, 7) is -4.49. The molecular weight excluding hydrogens is 429 g/mol. The maximum Gasteiger partial charge on any atom is 0.423 e. The van der Waals surface area contributed by atoms with Gasteiger partial charge in [-0.2, -0.15) is 13.2 Å². The number of aromatic nitrogens is 2. The Bertz CT molecular complexity index is 1170. The highest BCUT2D eigenvalue weighted by Crippen LogP contribution is 2.66. The summed E-state index contributed by atoms with van der Waals surface area (Å²) in [7, 11) is 0. The number of aliphatic hydroxyl groups excluding tert-OH is 2. The molecular formula is C21H23F3N4O4. The highest BCUT2D eigenvalue weighted by Gasteiger charge is 2.68. The number of hydrogen-bond donors (Lipinski definition) is 5. The Morgan fingerprint density at radius 3 is 2.56 bits per heavy atom. The maximum absolute atomic E-state index is 13.5. The zero-order valence-electron chi connectivity index (χ0n) is 19.7. The number of nitrogens with zero attached hydrogens (tertiary/aromatic N) is 2. The highest BCUT2D eigenvalue weighted by molar-refractivity contribution is 5.97. The van der Waals surface area contributed by atoms with Gasteiger partial charge in [0.2, 0.25) is 5.60 Å². The molecule has 5 rings (SSSR count). The molecule has 3 fully saturated rings. The minimum Gasteiger partial charge on any atom is -0.396 e. The van der Waals surface area contributed by atoms with Crippen molar-refractivity contribution in [2.45, 2.75) is 43.4 Å². The Morgan fingerprint density at radius 1 is 1.31 bits per heavy atom. The number of nitrogens with two attached hydrogens (primary N) is 1. The van der Waals surface area contributed by atoms with E-state index in [0.29, 0.717) is 19.3 Å². The van der Waals surface area contributed by atoms with Gasteiger partial charge in [-0.1, -0.05) is 12.1 Å². The molecule has 2 bridgehead atoms. The molecule has 0 spiro atoms. The Morgan fingerprint density at radius 2 is 2.00 bits per heavy atom. The van der Waals surface area contributed by atoms with E-state index in [-0.39, 0.29) is 34.8 Å². The SMILES string of the molecule is [2H]C([2H])([2H])c1ccc([C@](O)(CO)C(F)(F)F)cc1-c1cnc(N)c(C(=O)NC23CC(CO)(C2)C3)n1. The van der Waals surface area contributed by atoms with Crippen LogP contribution < -0.4 is 11.1 Å². The van der Waals surface area contributed by atoms with E-state index < -0.39 is 47.8 Å². The van der Waals surface area contributed by atoms with Gasteiger partial charge in [-0.3, -0.25) is 4.79 Å². The van der Waals surface area contributed by atoms with Gasteiger partial charge in [-0.15, -0.1) is 0 Å². The van der Waals surface area contributed by atoms with Crippen molar-refractivity contribution in [1.82, 2.24) is 15.3 Å². The highest BCUT2D eigenvalue weighted by atomic mass is 19.4. The van der Waals surface area contributed by atoms with Gasteiger partial charge in [-0.25, -0.2) is 9.97 Å². The van der Waals surface area contributed by atoms with Gasteiger partial charge in [0.25, 0.3) is 5.91 Å². The summed E-state index contributed by atoms with van der Waals surface area (Å²) in [5.41, 5.74) is -0.721. The van der Waals surface area contributed by atoms with Crippen molar-refractivity contribution in [2.24, 2.45) is 5.41 Å². The van der Waals surface area contributed by atoms with Crippen LogP contribution in [0.2, 0.25) is 0 Å². The van der Waals surface area contributed by atoms with Gasteiger partial charge in [0.1, 0.15) is 0 Å². The molecule has 8 nitrogen and oxygen atoms in total. The van der Waals surface area contributed by atoms with Crippen LogP contribution in [0, 0.1) is 12.3 Å². The van der Waals surface area contributed by atoms with Crippen LogP contribution in [-0.2, 0) is 5.60 Å². The average Bonchev–Trinajstić information content (AvgIpc) is 2.72. The van der Waals surface area contributed by atoms with Crippen molar-refractivity contribution in [3.8, 4) is 11.3 Å². The van der Waals surface area contributed by atoms with Gasteiger partial charge in [0.05, 0.1) is 18.5 Å². The fourth-order valence-corrected chi connectivity index (χ4v) is 4.65. The summed E-state index contributed by atoms with van der Waals surface area (Å²) in [6, 6.07) is 2.38. The predicted molar refractivity (Wildman–Crippen MR) is 107 cm³/mol. The zero-order valence-corrected chi connectivity index (χ0v) is 16.7. The Labute approximate surface area is 185 Å². The van der Waals surface area contributed by atoms with Gasteiger partial charge in [-0.05, 0) is 43.3 Å². The number of amides is 1. The van der Waals surface area contributed by atoms with Crippen LogP contribution in [0.25, 0.3) is 11.3 Å². The van der Waals surface area contributed by atoms with E-state index in [1.165, 1.54) is 0 Å². The number of aliphatic hydroxyl groups is 3. The molecule has 172 valence electrons. The first-order valence-electron chi connectivity index (χ1n) is 11.2. The first kappa shape index (κ1) is 18.8. The van der Waals surface area contributed by atoms with Crippen molar-refractivity contribution in [1.29, 1.82) is 0 Å². The van der Waals surface area contributed by atoms with Crippen LogP contribution >= 0.6 is 0 Å².